The van der Waals surface area contributed by atoms with Crippen molar-refractivity contribution in [3.05, 3.63) is 95.3 Å². The fourth-order valence-electron chi connectivity index (χ4n) is 4.57. The lowest BCUT2D eigenvalue weighted by molar-refractivity contribution is -0.115. The Hall–Kier alpha value is -4.33. The molecule has 6 nitrogen and oxygen atoms in total. The van der Waals surface area contributed by atoms with E-state index in [2.05, 4.69) is 20.6 Å². The number of hydrogen-bond donors (Lipinski definition) is 3. The quantitative estimate of drug-likeness (QED) is 0.359. The molecule has 0 radical (unpaired) electrons. The monoisotopic (exact) mass is 486 g/mol. The molecule has 0 unspecified atom stereocenters. The molecular weight excluding hydrogens is 462 g/mol. The number of aromatic nitrogens is 2. The first kappa shape index (κ1) is 23.4. The number of anilines is 1. The highest BCUT2D eigenvalue weighted by Crippen LogP contribution is 2.41. The molecule has 1 aliphatic heterocycles. The third-order valence-corrected chi connectivity index (χ3v) is 6.11. The van der Waals surface area contributed by atoms with Gasteiger partial charge in [-0.05, 0) is 49.7 Å². The van der Waals surface area contributed by atoms with Crippen LogP contribution in [0.2, 0.25) is 0 Å². The van der Waals surface area contributed by atoms with E-state index in [4.69, 9.17) is 0 Å². The van der Waals surface area contributed by atoms with Crippen LogP contribution in [-0.2, 0) is 17.6 Å². The first-order valence-corrected chi connectivity index (χ1v) is 11.5. The SMILES string of the molecule is CC1(C)Cc2[nH]c(-c3ccnc(NC(=O)Cc4ccc(F)cc4)c3)c(-c3ccccc3F)c2C(=O)N1. The molecule has 2 aromatic carbocycles. The van der Waals surface area contributed by atoms with Gasteiger partial charge < -0.3 is 15.6 Å². The summed E-state index contributed by atoms with van der Waals surface area (Å²) in [6, 6.07) is 15.4. The van der Waals surface area contributed by atoms with Crippen LogP contribution < -0.4 is 10.6 Å². The smallest absolute Gasteiger partial charge is 0.254 e. The molecule has 4 aromatic rings. The summed E-state index contributed by atoms with van der Waals surface area (Å²) in [6.07, 6.45) is 2.14. The number of carbonyl (C=O) groups is 2. The Bertz CT molecular complexity index is 1480. The number of fused-ring (bicyclic) bond motifs is 1. The normalized spacial score (nSPS) is 14.2. The van der Waals surface area contributed by atoms with Gasteiger partial charge in [-0.25, -0.2) is 13.8 Å². The topological polar surface area (TPSA) is 86.9 Å². The van der Waals surface area contributed by atoms with Gasteiger partial charge >= 0.3 is 0 Å². The summed E-state index contributed by atoms with van der Waals surface area (Å²) in [5, 5.41) is 5.75. The molecule has 8 heteroatoms. The average molecular weight is 487 g/mol. The summed E-state index contributed by atoms with van der Waals surface area (Å²) in [5.41, 5.74) is 3.30. The number of aromatic amines is 1. The first-order chi connectivity index (χ1) is 17.2. The zero-order chi connectivity index (χ0) is 25.4. The lowest BCUT2D eigenvalue weighted by Crippen LogP contribution is -2.49. The molecule has 2 aromatic heterocycles. The van der Waals surface area contributed by atoms with Crippen molar-refractivity contribution in [3.8, 4) is 22.4 Å². The van der Waals surface area contributed by atoms with Gasteiger partial charge in [-0.1, -0.05) is 30.3 Å². The van der Waals surface area contributed by atoms with Crippen LogP contribution in [0.3, 0.4) is 0 Å². The molecular formula is C28H24F2N4O2. The highest BCUT2D eigenvalue weighted by molar-refractivity contribution is 6.07. The Kier molecular flexibility index (Phi) is 5.88. The molecule has 182 valence electrons. The van der Waals surface area contributed by atoms with E-state index in [1.54, 1.807) is 42.5 Å². The molecule has 0 saturated heterocycles. The number of nitrogens with zero attached hydrogens (tertiary/aromatic N) is 1. The number of amides is 2. The van der Waals surface area contributed by atoms with Crippen molar-refractivity contribution in [2.45, 2.75) is 32.2 Å². The van der Waals surface area contributed by atoms with Crippen LogP contribution in [0, 0.1) is 11.6 Å². The lowest BCUT2D eigenvalue weighted by Gasteiger charge is -2.30. The minimum absolute atomic E-state index is 0.0543. The van der Waals surface area contributed by atoms with Gasteiger partial charge in [-0.3, -0.25) is 9.59 Å². The van der Waals surface area contributed by atoms with Crippen molar-refractivity contribution < 1.29 is 18.4 Å². The lowest BCUT2D eigenvalue weighted by atomic mass is 9.88. The van der Waals surface area contributed by atoms with Gasteiger partial charge in [0.25, 0.3) is 5.91 Å². The van der Waals surface area contributed by atoms with E-state index in [1.807, 2.05) is 13.8 Å². The van der Waals surface area contributed by atoms with Crippen LogP contribution in [0.25, 0.3) is 22.4 Å². The Balaban J connectivity index is 1.53. The molecule has 0 aliphatic carbocycles. The number of nitrogens with one attached hydrogen (secondary N) is 3. The molecule has 0 bridgehead atoms. The Labute approximate surface area is 206 Å². The van der Waals surface area contributed by atoms with Crippen LogP contribution in [0.5, 0.6) is 0 Å². The zero-order valence-corrected chi connectivity index (χ0v) is 19.8. The van der Waals surface area contributed by atoms with E-state index in [0.29, 0.717) is 45.7 Å². The van der Waals surface area contributed by atoms with Crippen LogP contribution in [0.15, 0.2) is 66.9 Å². The Morgan fingerprint density at radius 1 is 1.06 bits per heavy atom. The van der Waals surface area contributed by atoms with E-state index in [-0.39, 0.29) is 24.1 Å². The molecule has 3 N–H and O–H groups in total. The number of H-pyrrole nitrogens is 1. The summed E-state index contributed by atoms with van der Waals surface area (Å²) in [7, 11) is 0. The molecule has 2 amide bonds. The number of rotatable bonds is 5. The van der Waals surface area contributed by atoms with Gasteiger partial charge in [-0.15, -0.1) is 0 Å². The predicted molar refractivity (Wildman–Crippen MR) is 133 cm³/mol. The van der Waals surface area contributed by atoms with Crippen molar-refractivity contribution in [1.82, 2.24) is 15.3 Å². The maximum atomic E-state index is 14.9. The van der Waals surface area contributed by atoms with Crippen molar-refractivity contribution in [1.29, 1.82) is 0 Å². The van der Waals surface area contributed by atoms with E-state index in [1.165, 1.54) is 24.4 Å². The number of carbonyl (C=O) groups excluding carboxylic acids is 2. The van der Waals surface area contributed by atoms with E-state index >= 15 is 0 Å². The van der Waals surface area contributed by atoms with Crippen molar-refractivity contribution in [2.75, 3.05) is 5.32 Å². The highest BCUT2D eigenvalue weighted by atomic mass is 19.1. The largest absolute Gasteiger partial charge is 0.357 e. The van der Waals surface area contributed by atoms with Gasteiger partial charge in [0.15, 0.2) is 0 Å². The third-order valence-electron chi connectivity index (χ3n) is 6.11. The average Bonchev–Trinajstić information content (AvgIpc) is 3.19. The molecule has 0 atom stereocenters. The number of halogens is 2. The summed E-state index contributed by atoms with van der Waals surface area (Å²) >= 11 is 0. The maximum Gasteiger partial charge on any atom is 0.254 e. The maximum absolute atomic E-state index is 14.9. The third kappa shape index (κ3) is 4.62. The minimum Gasteiger partial charge on any atom is -0.357 e. The second-order valence-corrected chi connectivity index (χ2v) is 9.50. The fraction of sp³-hybridized carbons (Fsp3) is 0.179. The van der Waals surface area contributed by atoms with Crippen molar-refractivity contribution in [2.24, 2.45) is 0 Å². The molecule has 3 heterocycles. The summed E-state index contributed by atoms with van der Waals surface area (Å²) in [4.78, 5) is 33.3. The van der Waals surface area contributed by atoms with Gasteiger partial charge in [-0.2, -0.15) is 0 Å². The summed E-state index contributed by atoms with van der Waals surface area (Å²) in [5.74, 6) is -1.10. The van der Waals surface area contributed by atoms with E-state index in [9.17, 15) is 18.4 Å². The Morgan fingerprint density at radius 2 is 1.81 bits per heavy atom. The second-order valence-electron chi connectivity index (χ2n) is 9.50. The molecule has 1 aliphatic rings. The summed E-state index contributed by atoms with van der Waals surface area (Å²) < 4.78 is 28.1. The Morgan fingerprint density at radius 3 is 2.56 bits per heavy atom. The van der Waals surface area contributed by atoms with Gasteiger partial charge in [0.05, 0.1) is 17.7 Å². The predicted octanol–water partition coefficient (Wildman–Crippen LogP) is 5.27. The molecule has 0 fully saturated rings. The van der Waals surface area contributed by atoms with Gasteiger partial charge in [0, 0.05) is 40.5 Å². The summed E-state index contributed by atoms with van der Waals surface area (Å²) in [6.45, 7) is 3.86. The number of hydrogen-bond acceptors (Lipinski definition) is 3. The van der Waals surface area contributed by atoms with Gasteiger partial charge in [0.2, 0.25) is 5.91 Å². The minimum atomic E-state index is -0.462. The van der Waals surface area contributed by atoms with Crippen molar-refractivity contribution in [3.63, 3.8) is 0 Å². The highest BCUT2D eigenvalue weighted by Gasteiger charge is 2.36. The van der Waals surface area contributed by atoms with E-state index in [0.717, 1.165) is 5.69 Å². The van der Waals surface area contributed by atoms with Gasteiger partial charge in [0.1, 0.15) is 17.5 Å². The van der Waals surface area contributed by atoms with Crippen molar-refractivity contribution >= 4 is 17.6 Å². The molecule has 5 rings (SSSR count). The van der Waals surface area contributed by atoms with E-state index < -0.39 is 11.4 Å². The fourth-order valence-corrected chi connectivity index (χ4v) is 4.57. The second kappa shape index (κ2) is 9.03. The van der Waals surface area contributed by atoms with Crippen LogP contribution >= 0.6 is 0 Å². The number of benzene rings is 2. The standard InChI is InChI=1S/C28H24F2N4O2/c1-28(2)15-21-25(27(36)34-28)24(19-5-3-4-6-20(19)30)26(32-21)17-11-12-31-22(14-17)33-23(35)13-16-7-9-18(29)10-8-16/h3-12,14,32H,13,15H2,1-2H3,(H,34,36)(H,31,33,35). The molecule has 36 heavy (non-hydrogen) atoms. The molecule has 0 saturated carbocycles. The molecule has 0 spiro atoms. The van der Waals surface area contributed by atoms with Crippen LogP contribution in [0.4, 0.5) is 14.6 Å². The first-order valence-electron chi connectivity index (χ1n) is 11.5. The van der Waals surface area contributed by atoms with Crippen LogP contribution in [0.1, 0.15) is 35.5 Å². The zero-order valence-electron chi connectivity index (χ0n) is 19.8. The van der Waals surface area contributed by atoms with Crippen LogP contribution in [-0.4, -0.2) is 27.3 Å². The number of pyridine rings is 1.